The average molecular weight is 298 g/mol. The minimum absolute atomic E-state index is 0.241. The van der Waals surface area contributed by atoms with Gasteiger partial charge in [-0.1, -0.05) is 18.9 Å². The second-order valence-corrected chi connectivity index (χ2v) is 6.03. The van der Waals surface area contributed by atoms with Gasteiger partial charge in [-0.3, -0.25) is 0 Å². The molecule has 0 radical (unpaired) electrons. The first-order chi connectivity index (χ1) is 9.80. The molecule has 122 valence electrons. The number of carbonyl (C=O) groups is 1. The molecule has 0 atom stereocenters. The summed E-state index contributed by atoms with van der Waals surface area (Å²) in [6, 6.07) is 0. The molecule has 0 N–H and O–H groups in total. The van der Waals surface area contributed by atoms with Gasteiger partial charge in [0.05, 0.1) is 6.61 Å². The highest BCUT2D eigenvalue weighted by atomic mass is 16.7. The van der Waals surface area contributed by atoms with Crippen LogP contribution in [-0.4, -0.2) is 32.1 Å². The van der Waals surface area contributed by atoms with Gasteiger partial charge in [0.25, 0.3) is 0 Å². The molecule has 0 aliphatic heterocycles. The van der Waals surface area contributed by atoms with Gasteiger partial charge in [0.2, 0.25) is 0 Å². The first-order valence-electron chi connectivity index (χ1n) is 7.46. The van der Waals surface area contributed by atoms with Crippen LogP contribution in [0.1, 0.15) is 53.9 Å². The van der Waals surface area contributed by atoms with E-state index < -0.39 is 5.60 Å². The van der Waals surface area contributed by atoms with E-state index in [1.165, 1.54) is 11.6 Å². The third-order valence-corrected chi connectivity index (χ3v) is 2.74. The van der Waals surface area contributed by atoms with Crippen LogP contribution in [0, 0.1) is 0 Å². The Morgan fingerprint density at radius 3 is 2.38 bits per heavy atom. The molecule has 0 aromatic rings. The molecule has 0 saturated heterocycles. The van der Waals surface area contributed by atoms with Crippen molar-refractivity contribution in [2.24, 2.45) is 0 Å². The lowest BCUT2D eigenvalue weighted by Crippen LogP contribution is -2.22. The second kappa shape index (κ2) is 10.6. The molecule has 0 aromatic heterocycles. The van der Waals surface area contributed by atoms with Crippen LogP contribution < -0.4 is 0 Å². The average Bonchev–Trinajstić information content (AvgIpc) is 2.38. The molecule has 0 bridgehead atoms. The van der Waals surface area contributed by atoms with E-state index in [0.717, 1.165) is 24.8 Å². The van der Waals surface area contributed by atoms with Gasteiger partial charge in [-0.15, -0.1) is 0 Å². The van der Waals surface area contributed by atoms with E-state index in [1.807, 2.05) is 20.8 Å². The number of ether oxygens (including phenoxy) is 3. The minimum Gasteiger partial charge on any atom is -0.457 e. The number of hydrogen-bond donors (Lipinski definition) is 0. The van der Waals surface area contributed by atoms with Crippen LogP contribution in [0.25, 0.3) is 0 Å². The van der Waals surface area contributed by atoms with Crippen molar-refractivity contribution >= 4 is 5.97 Å². The van der Waals surface area contributed by atoms with E-state index in [-0.39, 0.29) is 12.8 Å². The zero-order valence-electron chi connectivity index (χ0n) is 14.3. The fourth-order valence-corrected chi connectivity index (χ4v) is 1.66. The highest BCUT2D eigenvalue weighted by molar-refractivity contribution is 5.82. The third-order valence-electron chi connectivity index (χ3n) is 2.74. The van der Waals surface area contributed by atoms with Gasteiger partial charge in [-0.25, -0.2) is 4.79 Å². The van der Waals surface area contributed by atoms with Gasteiger partial charge in [0.1, 0.15) is 12.4 Å². The van der Waals surface area contributed by atoms with Crippen molar-refractivity contribution in [2.45, 2.75) is 59.5 Å². The fraction of sp³-hybridized carbons (Fsp3) is 0.706. The number of unbranched alkanes of at least 4 members (excludes halogenated alkanes) is 1. The number of methoxy groups -OCH3 is 1. The number of carbonyl (C=O) groups excluding carboxylic acids is 1. The molecule has 4 nitrogen and oxygen atoms in total. The number of esters is 1. The van der Waals surface area contributed by atoms with E-state index in [2.05, 4.69) is 13.8 Å². The van der Waals surface area contributed by atoms with Crippen molar-refractivity contribution in [3.63, 3.8) is 0 Å². The largest absolute Gasteiger partial charge is 0.457 e. The summed E-state index contributed by atoms with van der Waals surface area (Å²) < 4.78 is 15.5. The summed E-state index contributed by atoms with van der Waals surface area (Å²) in [4.78, 5) is 11.7. The topological polar surface area (TPSA) is 44.8 Å². The molecule has 0 aliphatic rings. The highest BCUT2D eigenvalue weighted by Crippen LogP contribution is 2.15. The molecule has 0 aliphatic carbocycles. The standard InChI is InChI=1S/C17H30O4/c1-7-8-9-14(2)15(12-20-13-19-6)10-11-16(18)21-17(3,4)5/h10-11H,7-9,12-13H2,1-6H3/b11-10+,15-14+. The predicted octanol–water partition coefficient (Wildman–Crippen LogP) is 4.01. The van der Waals surface area contributed by atoms with E-state index in [9.17, 15) is 4.79 Å². The number of rotatable bonds is 9. The van der Waals surface area contributed by atoms with E-state index >= 15 is 0 Å². The smallest absolute Gasteiger partial charge is 0.331 e. The fourth-order valence-electron chi connectivity index (χ4n) is 1.66. The van der Waals surface area contributed by atoms with Crippen LogP contribution in [0.4, 0.5) is 0 Å². The summed E-state index contributed by atoms with van der Waals surface area (Å²) in [5.41, 5.74) is 1.76. The maximum Gasteiger partial charge on any atom is 0.331 e. The molecule has 0 unspecified atom stereocenters. The van der Waals surface area contributed by atoms with Crippen LogP contribution in [0.5, 0.6) is 0 Å². The lowest BCUT2D eigenvalue weighted by Gasteiger charge is -2.18. The first kappa shape index (κ1) is 19.9. The quantitative estimate of drug-likeness (QED) is 0.212. The Hall–Kier alpha value is -1.13. The number of hydrogen-bond acceptors (Lipinski definition) is 4. The molecule has 0 rings (SSSR count). The predicted molar refractivity (Wildman–Crippen MR) is 85.0 cm³/mol. The van der Waals surface area contributed by atoms with Crippen molar-refractivity contribution < 1.29 is 19.0 Å². The molecule has 0 heterocycles. The van der Waals surface area contributed by atoms with E-state index in [1.54, 1.807) is 13.2 Å². The van der Waals surface area contributed by atoms with Crippen molar-refractivity contribution in [3.05, 3.63) is 23.3 Å². The Kier molecular flexibility index (Phi) is 10.0. The van der Waals surface area contributed by atoms with Crippen molar-refractivity contribution in [1.29, 1.82) is 0 Å². The molecule has 4 heteroatoms. The van der Waals surface area contributed by atoms with Gasteiger partial charge in [-0.2, -0.15) is 0 Å². The van der Waals surface area contributed by atoms with Crippen LogP contribution in [0.15, 0.2) is 23.3 Å². The minimum atomic E-state index is -0.477. The molecular weight excluding hydrogens is 268 g/mol. The Labute approximate surface area is 129 Å². The Balaban J connectivity index is 4.76. The van der Waals surface area contributed by atoms with E-state index in [4.69, 9.17) is 14.2 Å². The normalized spacial score (nSPS) is 13.4. The summed E-state index contributed by atoms with van der Waals surface area (Å²) in [6.07, 6.45) is 6.51. The molecule has 0 aromatic carbocycles. The van der Waals surface area contributed by atoms with Crippen LogP contribution in [0.3, 0.4) is 0 Å². The monoisotopic (exact) mass is 298 g/mol. The second-order valence-electron chi connectivity index (χ2n) is 6.03. The summed E-state index contributed by atoms with van der Waals surface area (Å²) >= 11 is 0. The SMILES string of the molecule is CCCC/C(C)=C(\C=C\C(=O)OC(C)(C)C)COCOC. The van der Waals surface area contributed by atoms with Gasteiger partial charge >= 0.3 is 5.97 Å². The Bertz CT molecular complexity index is 361. The molecule has 0 amide bonds. The maximum atomic E-state index is 11.7. The Morgan fingerprint density at radius 1 is 1.19 bits per heavy atom. The summed E-state index contributed by atoms with van der Waals surface area (Å²) in [5.74, 6) is -0.338. The zero-order chi connectivity index (χ0) is 16.3. The summed E-state index contributed by atoms with van der Waals surface area (Å²) in [7, 11) is 1.59. The first-order valence-corrected chi connectivity index (χ1v) is 7.46. The highest BCUT2D eigenvalue weighted by Gasteiger charge is 2.14. The number of allylic oxidation sites excluding steroid dienone is 1. The van der Waals surface area contributed by atoms with Crippen LogP contribution in [-0.2, 0) is 19.0 Å². The lowest BCUT2D eigenvalue weighted by molar-refractivity contribution is -0.148. The zero-order valence-corrected chi connectivity index (χ0v) is 14.3. The van der Waals surface area contributed by atoms with Gasteiger partial charge < -0.3 is 14.2 Å². The van der Waals surface area contributed by atoms with Crippen molar-refractivity contribution in [1.82, 2.24) is 0 Å². The summed E-state index contributed by atoms with van der Waals surface area (Å²) in [5, 5.41) is 0. The van der Waals surface area contributed by atoms with Gasteiger partial charge in [0, 0.05) is 13.2 Å². The molecule has 0 saturated carbocycles. The maximum absolute atomic E-state index is 11.7. The molecular formula is C17H30O4. The van der Waals surface area contributed by atoms with Crippen molar-refractivity contribution in [3.8, 4) is 0 Å². The third kappa shape index (κ3) is 11.2. The van der Waals surface area contributed by atoms with Gasteiger partial charge in [0.15, 0.2) is 0 Å². The summed E-state index contributed by atoms with van der Waals surface area (Å²) in [6.45, 7) is 10.5. The molecule has 21 heavy (non-hydrogen) atoms. The van der Waals surface area contributed by atoms with Crippen molar-refractivity contribution in [2.75, 3.05) is 20.5 Å². The van der Waals surface area contributed by atoms with Crippen LogP contribution in [0.2, 0.25) is 0 Å². The van der Waals surface area contributed by atoms with Gasteiger partial charge in [-0.05, 0) is 52.2 Å². The molecule has 0 spiro atoms. The van der Waals surface area contributed by atoms with Crippen LogP contribution >= 0.6 is 0 Å². The lowest BCUT2D eigenvalue weighted by atomic mass is 10.0. The Morgan fingerprint density at radius 2 is 1.86 bits per heavy atom. The molecule has 0 fully saturated rings. The van der Waals surface area contributed by atoms with E-state index in [0.29, 0.717) is 6.61 Å².